The molecule has 0 radical (unpaired) electrons. The minimum Gasteiger partial charge on any atom is -0.408 e. The van der Waals surface area contributed by atoms with Crippen LogP contribution in [0.25, 0.3) is 10.2 Å². The van der Waals surface area contributed by atoms with Crippen molar-refractivity contribution in [1.82, 2.24) is 4.98 Å². The topological polar surface area (TPSA) is 72.2 Å². The van der Waals surface area contributed by atoms with E-state index in [0.717, 1.165) is 21.6 Å². The van der Waals surface area contributed by atoms with Crippen LogP contribution in [0.5, 0.6) is 0 Å². The SMILES string of the molecule is Cc1csc2nc(CCc3cccc(NC(=O)c4cccs4)c3)oc(=O)c12. The molecule has 136 valence electrons. The standard InChI is InChI=1S/C20H16N2O3S2/c1-12-11-27-19-17(12)20(24)25-16(22-19)8-7-13-4-2-5-14(10-13)21-18(23)15-6-3-9-26-15/h2-6,9-11H,7-8H2,1H3,(H,21,23). The van der Waals surface area contributed by atoms with Crippen LogP contribution in [0.1, 0.15) is 26.7 Å². The van der Waals surface area contributed by atoms with Crippen molar-refractivity contribution in [3.8, 4) is 0 Å². The number of nitrogens with one attached hydrogen (secondary N) is 1. The maximum absolute atomic E-state index is 12.2. The Morgan fingerprint density at radius 1 is 1.19 bits per heavy atom. The van der Waals surface area contributed by atoms with Gasteiger partial charge in [-0.25, -0.2) is 9.78 Å². The lowest BCUT2D eigenvalue weighted by molar-refractivity contribution is 0.103. The summed E-state index contributed by atoms with van der Waals surface area (Å²) in [5.41, 5.74) is 2.35. The van der Waals surface area contributed by atoms with Crippen LogP contribution in [0, 0.1) is 6.92 Å². The molecule has 4 rings (SSSR count). The highest BCUT2D eigenvalue weighted by molar-refractivity contribution is 7.16. The number of nitrogens with zero attached hydrogens (tertiary/aromatic N) is 1. The number of thiophene rings is 2. The third-order valence-corrected chi connectivity index (χ3v) is 6.01. The Balaban J connectivity index is 1.47. The first-order chi connectivity index (χ1) is 13.1. The Hall–Kier alpha value is -2.77. The molecular weight excluding hydrogens is 380 g/mol. The molecule has 0 fully saturated rings. The Bertz CT molecular complexity index is 1160. The number of carbonyl (C=O) groups is 1. The van der Waals surface area contributed by atoms with Crippen molar-refractivity contribution >= 4 is 44.5 Å². The maximum atomic E-state index is 12.2. The zero-order valence-electron chi connectivity index (χ0n) is 14.5. The van der Waals surface area contributed by atoms with Crippen molar-refractivity contribution in [2.45, 2.75) is 19.8 Å². The average molecular weight is 396 g/mol. The molecule has 1 aromatic carbocycles. The van der Waals surface area contributed by atoms with E-state index in [4.69, 9.17) is 4.42 Å². The van der Waals surface area contributed by atoms with Gasteiger partial charge < -0.3 is 9.73 Å². The summed E-state index contributed by atoms with van der Waals surface area (Å²) in [6.45, 7) is 1.88. The van der Waals surface area contributed by atoms with Gasteiger partial charge in [0.1, 0.15) is 4.83 Å². The van der Waals surface area contributed by atoms with E-state index in [1.54, 1.807) is 6.07 Å². The van der Waals surface area contributed by atoms with Gasteiger partial charge in [0.15, 0.2) is 5.89 Å². The number of carbonyl (C=O) groups excluding carboxylic acids is 1. The summed E-state index contributed by atoms with van der Waals surface area (Å²) in [4.78, 5) is 30.2. The molecule has 0 atom stereocenters. The molecule has 1 amide bonds. The number of rotatable bonds is 5. The molecule has 3 aromatic heterocycles. The van der Waals surface area contributed by atoms with Crippen molar-refractivity contribution in [3.05, 3.63) is 79.5 Å². The zero-order valence-corrected chi connectivity index (χ0v) is 16.2. The van der Waals surface area contributed by atoms with Gasteiger partial charge in [0, 0.05) is 12.1 Å². The molecule has 0 unspecified atom stereocenters. The lowest BCUT2D eigenvalue weighted by atomic mass is 10.1. The lowest BCUT2D eigenvalue weighted by Gasteiger charge is -2.06. The quantitative estimate of drug-likeness (QED) is 0.533. The second kappa shape index (κ2) is 7.46. The van der Waals surface area contributed by atoms with Crippen molar-refractivity contribution in [2.75, 3.05) is 5.32 Å². The molecule has 0 aliphatic rings. The number of fused-ring (bicyclic) bond motifs is 1. The predicted molar refractivity (Wildman–Crippen MR) is 109 cm³/mol. The van der Waals surface area contributed by atoms with E-state index in [1.807, 2.05) is 48.0 Å². The van der Waals surface area contributed by atoms with Gasteiger partial charge in [0.2, 0.25) is 0 Å². The van der Waals surface area contributed by atoms with E-state index in [2.05, 4.69) is 10.3 Å². The van der Waals surface area contributed by atoms with E-state index in [-0.39, 0.29) is 11.5 Å². The van der Waals surface area contributed by atoms with Crippen molar-refractivity contribution < 1.29 is 9.21 Å². The number of anilines is 1. The summed E-state index contributed by atoms with van der Waals surface area (Å²) < 4.78 is 5.37. The third kappa shape index (κ3) is 3.84. The monoisotopic (exact) mass is 396 g/mol. The molecular formula is C20H16N2O3S2. The van der Waals surface area contributed by atoms with Crippen LogP contribution in [0.15, 0.2) is 56.4 Å². The Morgan fingerprint density at radius 3 is 2.89 bits per heavy atom. The highest BCUT2D eigenvalue weighted by atomic mass is 32.1. The molecule has 1 N–H and O–H groups in total. The first-order valence-corrected chi connectivity index (χ1v) is 10.2. The summed E-state index contributed by atoms with van der Waals surface area (Å²) in [6, 6.07) is 11.3. The fraction of sp³-hybridized carbons (Fsp3) is 0.150. The van der Waals surface area contributed by atoms with Gasteiger partial charge in [0.05, 0.1) is 10.3 Å². The van der Waals surface area contributed by atoms with Gasteiger partial charge in [-0.15, -0.1) is 22.7 Å². The second-order valence-corrected chi connectivity index (χ2v) is 7.93. The Labute approximate surface area is 163 Å². The van der Waals surface area contributed by atoms with E-state index in [1.165, 1.54) is 22.7 Å². The van der Waals surface area contributed by atoms with Gasteiger partial charge >= 0.3 is 5.63 Å². The van der Waals surface area contributed by atoms with Gasteiger partial charge in [-0.1, -0.05) is 18.2 Å². The van der Waals surface area contributed by atoms with E-state index in [0.29, 0.717) is 29.0 Å². The molecule has 0 aliphatic carbocycles. The van der Waals surface area contributed by atoms with Gasteiger partial charge in [-0.3, -0.25) is 4.79 Å². The number of aromatic nitrogens is 1. The fourth-order valence-electron chi connectivity index (χ4n) is 2.82. The molecule has 0 saturated heterocycles. The molecule has 4 aromatic rings. The number of hydrogen-bond donors (Lipinski definition) is 1. The van der Waals surface area contributed by atoms with Crippen molar-refractivity contribution in [2.24, 2.45) is 0 Å². The largest absolute Gasteiger partial charge is 0.408 e. The summed E-state index contributed by atoms with van der Waals surface area (Å²) in [6.07, 6.45) is 1.18. The minimum absolute atomic E-state index is 0.117. The molecule has 0 saturated carbocycles. The smallest absolute Gasteiger partial charge is 0.347 e. The van der Waals surface area contributed by atoms with Crippen LogP contribution in [-0.2, 0) is 12.8 Å². The van der Waals surface area contributed by atoms with Gasteiger partial charge in [-0.2, -0.15) is 0 Å². The summed E-state index contributed by atoms with van der Waals surface area (Å²) in [5.74, 6) is 0.315. The number of aryl methyl sites for hydroxylation is 3. The molecule has 3 heterocycles. The third-order valence-electron chi connectivity index (χ3n) is 4.15. The van der Waals surface area contributed by atoms with Gasteiger partial charge in [0.25, 0.3) is 5.91 Å². The fourth-order valence-corrected chi connectivity index (χ4v) is 4.36. The van der Waals surface area contributed by atoms with Crippen LogP contribution >= 0.6 is 22.7 Å². The summed E-state index contributed by atoms with van der Waals surface area (Å²) in [5, 5.41) is 7.26. The highest BCUT2D eigenvalue weighted by Crippen LogP contribution is 2.21. The molecule has 0 bridgehead atoms. The summed E-state index contributed by atoms with van der Waals surface area (Å²) >= 11 is 2.86. The van der Waals surface area contributed by atoms with E-state index in [9.17, 15) is 9.59 Å². The lowest BCUT2D eigenvalue weighted by Crippen LogP contribution is -2.10. The second-order valence-electron chi connectivity index (χ2n) is 6.13. The van der Waals surface area contributed by atoms with E-state index < -0.39 is 0 Å². The number of benzene rings is 1. The molecule has 0 spiro atoms. The number of amides is 1. The van der Waals surface area contributed by atoms with Gasteiger partial charge in [-0.05, 0) is 53.4 Å². The van der Waals surface area contributed by atoms with Crippen LogP contribution in [0.3, 0.4) is 0 Å². The maximum Gasteiger partial charge on any atom is 0.347 e. The average Bonchev–Trinajstić information content (AvgIpc) is 3.31. The predicted octanol–water partition coefficient (Wildman–Crippen LogP) is 4.66. The van der Waals surface area contributed by atoms with Crippen LogP contribution in [-0.4, -0.2) is 10.9 Å². The van der Waals surface area contributed by atoms with Crippen molar-refractivity contribution in [3.63, 3.8) is 0 Å². The molecule has 0 aliphatic heterocycles. The number of hydrogen-bond acceptors (Lipinski definition) is 6. The molecule has 7 heteroatoms. The van der Waals surface area contributed by atoms with Crippen LogP contribution in [0.2, 0.25) is 0 Å². The van der Waals surface area contributed by atoms with Crippen LogP contribution < -0.4 is 10.9 Å². The Morgan fingerprint density at radius 2 is 2.07 bits per heavy atom. The highest BCUT2D eigenvalue weighted by Gasteiger charge is 2.11. The molecule has 27 heavy (non-hydrogen) atoms. The summed E-state index contributed by atoms with van der Waals surface area (Å²) in [7, 11) is 0. The minimum atomic E-state index is -0.328. The normalized spacial score (nSPS) is 11.0. The van der Waals surface area contributed by atoms with Crippen molar-refractivity contribution in [1.29, 1.82) is 0 Å². The first kappa shape index (κ1) is 17.6. The molecule has 5 nitrogen and oxygen atoms in total. The first-order valence-electron chi connectivity index (χ1n) is 8.42. The van der Waals surface area contributed by atoms with Crippen LogP contribution in [0.4, 0.5) is 5.69 Å². The zero-order chi connectivity index (χ0) is 18.8. The Kier molecular flexibility index (Phi) is 4.87. The van der Waals surface area contributed by atoms with E-state index >= 15 is 0 Å².